The molecule has 0 spiro atoms. The smallest absolute Gasteiger partial charge is 0.0271 e. The van der Waals surface area contributed by atoms with Crippen molar-refractivity contribution in [2.45, 2.75) is 46.5 Å². The maximum Gasteiger partial charge on any atom is -0.0271 e. The number of benzene rings is 1. The molecule has 86 valence electrons. The topological polar surface area (TPSA) is 0 Å². The predicted octanol–water partition coefficient (Wildman–Crippen LogP) is 4.60. The van der Waals surface area contributed by atoms with Gasteiger partial charge in [0.15, 0.2) is 0 Å². The minimum absolute atomic E-state index is 1.01. The lowest BCUT2D eigenvalue weighted by molar-refractivity contribution is 0.886. The van der Waals surface area contributed by atoms with Gasteiger partial charge in [0.1, 0.15) is 0 Å². The van der Waals surface area contributed by atoms with E-state index in [9.17, 15) is 0 Å². The Morgan fingerprint density at radius 1 is 0.867 bits per heavy atom. The molecule has 0 aliphatic carbocycles. The van der Waals surface area contributed by atoms with E-state index in [1.165, 1.54) is 37.1 Å². The molecule has 0 aliphatic heterocycles. The van der Waals surface area contributed by atoms with E-state index in [1.54, 1.807) is 0 Å². The monoisotopic (exact) mass is 224 g/mol. The quantitative estimate of drug-likeness (QED) is 0.506. The predicted molar refractivity (Wildman–Crippen MR) is 74.7 cm³/mol. The minimum Gasteiger partial charge on any atom is -0.0904 e. The first-order valence-corrected chi connectivity index (χ1v) is 7.34. The van der Waals surface area contributed by atoms with Crippen molar-refractivity contribution < 1.29 is 0 Å². The first-order valence-electron chi connectivity index (χ1n) is 6.14. The standard InChI is InChI=1S/C10H15P.C4H10/c1-2-3-9-11-10-7-5-4-6-8-10;1-3-4-2/h4-8,11H,2-3,9H2,1H3;3-4H2,1-2H3. The second kappa shape index (κ2) is 11.7. The molecule has 0 bridgehead atoms. The van der Waals surface area contributed by atoms with E-state index < -0.39 is 0 Å². The summed E-state index contributed by atoms with van der Waals surface area (Å²) in [5.74, 6) is 0. The van der Waals surface area contributed by atoms with Crippen LogP contribution in [0.15, 0.2) is 30.3 Å². The third-order valence-electron chi connectivity index (χ3n) is 2.13. The molecule has 0 saturated carbocycles. The van der Waals surface area contributed by atoms with Gasteiger partial charge >= 0.3 is 0 Å². The fourth-order valence-corrected chi connectivity index (χ4v) is 2.21. The van der Waals surface area contributed by atoms with Crippen LogP contribution in [0.25, 0.3) is 0 Å². The summed E-state index contributed by atoms with van der Waals surface area (Å²) in [5, 5.41) is 1.50. The molecule has 15 heavy (non-hydrogen) atoms. The molecule has 1 atom stereocenters. The van der Waals surface area contributed by atoms with Gasteiger partial charge in [-0.25, -0.2) is 0 Å². The van der Waals surface area contributed by atoms with Crippen LogP contribution in [0.1, 0.15) is 46.5 Å². The Labute approximate surface area is 97.3 Å². The maximum atomic E-state index is 2.25. The van der Waals surface area contributed by atoms with Gasteiger partial charge in [-0.2, -0.15) is 0 Å². The summed E-state index contributed by atoms with van der Waals surface area (Å²) < 4.78 is 0. The first-order chi connectivity index (χ1) is 7.35. The van der Waals surface area contributed by atoms with Crippen LogP contribution in [-0.4, -0.2) is 6.16 Å². The van der Waals surface area contributed by atoms with Crippen molar-refractivity contribution >= 4 is 13.9 Å². The molecule has 0 saturated heterocycles. The molecular weight excluding hydrogens is 199 g/mol. The van der Waals surface area contributed by atoms with Crippen LogP contribution in [0.2, 0.25) is 0 Å². The second-order valence-electron chi connectivity index (χ2n) is 3.65. The Morgan fingerprint density at radius 2 is 1.47 bits per heavy atom. The van der Waals surface area contributed by atoms with E-state index in [-0.39, 0.29) is 0 Å². The van der Waals surface area contributed by atoms with Crippen LogP contribution >= 0.6 is 8.58 Å². The Balaban J connectivity index is 0.000000423. The SMILES string of the molecule is CCCC.CCCCPc1ccccc1. The van der Waals surface area contributed by atoms with Crippen LogP contribution < -0.4 is 5.30 Å². The number of hydrogen-bond donors (Lipinski definition) is 0. The first kappa shape index (κ1) is 14.6. The van der Waals surface area contributed by atoms with Crippen molar-refractivity contribution in [2.24, 2.45) is 0 Å². The summed E-state index contributed by atoms with van der Waals surface area (Å²) in [7, 11) is 1.01. The molecule has 0 nitrogen and oxygen atoms in total. The molecule has 1 aromatic rings. The fraction of sp³-hybridized carbons (Fsp3) is 0.571. The Morgan fingerprint density at radius 3 is 1.93 bits per heavy atom. The van der Waals surface area contributed by atoms with Gasteiger partial charge in [0.25, 0.3) is 0 Å². The van der Waals surface area contributed by atoms with Crippen LogP contribution in [0.3, 0.4) is 0 Å². The molecule has 1 unspecified atom stereocenters. The molecule has 1 rings (SSSR count). The summed E-state index contributed by atoms with van der Waals surface area (Å²) in [4.78, 5) is 0. The van der Waals surface area contributed by atoms with Crippen LogP contribution in [0, 0.1) is 0 Å². The summed E-state index contributed by atoms with van der Waals surface area (Å²) in [6, 6.07) is 10.7. The molecule has 0 aromatic heterocycles. The highest BCUT2D eigenvalue weighted by Crippen LogP contribution is 2.11. The van der Waals surface area contributed by atoms with E-state index in [0.29, 0.717) is 0 Å². The van der Waals surface area contributed by atoms with Crippen LogP contribution in [0.5, 0.6) is 0 Å². The van der Waals surface area contributed by atoms with E-state index in [0.717, 1.165) is 8.58 Å². The summed E-state index contributed by atoms with van der Waals surface area (Å²) in [6.07, 6.45) is 6.69. The zero-order valence-electron chi connectivity index (χ0n) is 10.4. The van der Waals surface area contributed by atoms with E-state index in [4.69, 9.17) is 0 Å². The van der Waals surface area contributed by atoms with Gasteiger partial charge in [0.2, 0.25) is 0 Å². The highest BCUT2D eigenvalue weighted by atomic mass is 31.1. The average molecular weight is 224 g/mol. The average Bonchev–Trinajstić information content (AvgIpc) is 2.31. The number of unbranched alkanes of at least 4 members (excludes halogenated alkanes) is 2. The van der Waals surface area contributed by atoms with Crippen LogP contribution in [-0.2, 0) is 0 Å². The Hall–Kier alpha value is -0.350. The van der Waals surface area contributed by atoms with Gasteiger partial charge in [-0.05, 0) is 17.9 Å². The molecule has 1 heteroatoms. The van der Waals surface area contributed by atoms with E-state index >= 15 is 0 Å². The summed E-state index contributed by atoms with van der Waals surface area (Å²) >= 11 is 0. The minimum atomic E-state index is 1.01. The molecular formula is C14H25P. The lowest BCUT2D eigenvalue weighted by Gasteiger charge is -1.98. The lowest BCUT2D eigenvalue weighted by Crippen LogP contribution is -1.92. The van der Waals surface area contributed by atoms with Gasteiger partial charge in [0, 0.05) is 0 Å². The van der Waals surface area contributed by atoms with Crippen molar-refractivity contribution in [1.82, 2.24) is 0 Å². The zero-order chi connectivity index (χ0) is 11.4. The van der Waals surface area contributed by atoms with Crippen molar-refractivity contribution in [1.29, 1.82) is 0 Å². The molecule has 0 amide bonds. The van der Waals surface area contributed by atoms with Crippen molar-refractivity contribution in [3.05, 3.63) is 30.3 Å². The molecule has 1 aromatic carbocycles. The molecule has 0 N–H and O–H groups in total. The van der Waals surface area contributed by atoms with Crippen molar-refractivity contribution in [3.8, 4) is 0 Å². The molecule has 0 aliphatic rings. The summed E-state index contributed by atoms with van der Waals surface area (Å²) in [5.41, 5.74) is 0. The highest BCUT2D eigenvalue weighted by Gasteiger charge is 1.88. The lowest BCUT2D eigenvalue weighted by atomic mass is 10.4. The third-order valence-corrected chi connectivity index (χ3v) is 3.48. The van der Waals surface area contributed by atoms with Crippen LogP contribution in [0.4, 0.5) is 0 Å². The Kier molecular flexibility index (Phi) is 11.4. The van der Waals surface area contributed by atoms with Gasteiger partial charge in [0.05, 0.1) is 0 Å². The number of hydrogen-bond acceptors (Lipinski definition) is 0. The fourth-order valence-electron chi connectivity index (χ4n) is 0.966. The molecule has 0 fully saturated rings. The Bertz CT molecular complexity index is 204. The van der Waals surface area contributed by atoms with Gasteiger partial charge in [-0.15, -0.1) is 0 Å². The van der Waals surface area contributed by atoms with Crippen molar-refractivity contribution in [2.75, 3.05) is 6.16 Å². The van der Waals surface area contributed by atoms with E-state index in [1.807, 2.05) is 0 Å². The maximum absolute atomic E-state index is 2.25. The third kappa shape index (κ3) is 9.94. The van der Waals surface area contributed by atoms with E-state index in [2.05, 4.69) is 51.1 Å². The molecule has 0 radical (unpaired) electrons. The van der Waals surface area contributed by atoms with Gasteiger partial charge in [-0.1, -0.05) is 78.9 Å². The number of rotatable bonds is 5. The highest BCUT2D eigenvalue weighted by molar-refractivity contribution is 7.47. The summed E-state index contributed by atoms with van der Waals surface area (Å²) in [6.45, 7) is 6.61. The second-order valence-corrected chi connectivity index (χ2v) is 5.08. The zero-order valence-corrected chi connectivity index (χ0v) is 11.4. The largest absolute Gasteiger partial charge is 0.0904 e. The van der Waals surface area contributed by atoms with Gasteiger partial charge in [-0.3, -0.25) is 0 Å². The van der Waals surface area contributed by atoms with Crippen molar-refractivity contribution in [3.63, 3.8) is 0 Å². The van der Waals surface area contributed by atoms with Gasteiger partial charge < -0.3 is 0 Å². The normalized spacial score (nSPS) is 10.1. The molecule has 0 heterocycles.